The minimum atomic E-state index is -3.86. The zero-order valence-corrected chi connectivity index (χ0v) is 13.5. The molecule has 21 heavy (non-hydrogen) atoms. The van der Waals surface area contributed by atoms with Gasteiger partial charge in [0.2, 0.25) is 10.0 Å². The Balaban J connectivity index is 2.36. The normalized spacial score (nSPS) is 13.1. The van der Waals surface area contributed by atoms with E-state index in [4.69, 9.17) is 28.9 Å². The molecule has 0 radical (unpaired) electrons. The summed E-state index contributed by atoms with van der Waals surface area (Å²) in [4.78, 5) is -0.164. The molecule has 0 amide bonds. The lowest BCUT2D eigenvalue weighted by atomic mass is 10.1. The fourth-order valence-corrected chi connectivity index (χ4v) is 4.40. The van der Waals surface area contributed by atoms with Crippen molar-refractivity contribution in [1.29, 1.82) is 0 Å². The largest absolute Gasteiger partial charge is 0.399 e. The maximum atomic E-state index is 12.4. The minimum Gasteiger partial charge on any atom is -0.399 e. The Kier molecular flexibility index (Phi) is 4.78. The lowest BCUT2D eigenvalue weighted by molar-refractivity contribution is 0.567. The summed E-state index contributed by atoms with van der Waals surface area (Å²) < 4.78 is 27.4. The van der Waals surface area contributed by atoms with Crippen molar-refractivity contribution in [2.45, 2.75) is 17.9 Å². The summed E-state index contributed by atoms with van der Waals surface area (Å²) >= 11 is 11.9. The van der Waals surface area contributed by atoms with Gasteiger partial charge in [0.05, 0.1) is 10.0 Å². The quantitative estimate of drug-likeness (QED) is 0.832. The Hall–Kier alpha value is -1.27. The highest BCUT2D eigenvalue weighted by atomic mass is 35.5. The monoisotopic (exact) mass is 344 g/mol. The minimum absolute atomic E-state index is 0.00670. The number of sulfonamides is 1. The number of anilines is 1. The first-order chi connectivity index (χ1) is 9.81. The van der Waals surface area contributed by atoms with Gasteiger partial charge in [0.15, 0.2) is 0 Å². The van der Waals surface area contributed by atoms with Crippen molar-refractivity contribution >= 4 is 38.9 Å². The Morgan fingerprint density at radius 1 is 1.10 bits per heavy atom. The molecule has 7 heteroatoms. The molecular formula is C14H14Cl2N2O2S. The van der Waals surface area contributed by atoms with E-state index >= 15 is 0 Å². The van der Waals surface area contributed by atoms with Crippen LogP contribution in [0.1, 0.15) is 18.5 Å². The van der Waals surface area contributed by atoms with Crippen LogP contribution in [-0.2, 0) is 10.0 Å². The predicted molar refractivity (Wildman–Crippen MR) is 86.1 cm³/mol. The van der Waals surface area contributed by atoms with Gasteiger partial charge in [0.25, 0.3) is 0 Å². The van der Waals surface area contributed by atoms with Gasteiger partial charge in [-0.25, -0.2) is 13.1 Å². The van der Waals surface area contributed by atoms with Gasteiger partial charge in [-0.1, -0.05) is 53.5 Å². The molecule has 4 nitrogen and oxygen atoms in total. The van der Waals surface area contributed by atoms with Crippen LogP contribution in [0.4, 0.5) is 5.69 Å². The summed E-state index contributed by atoms with van der Waals surface area (Å²) in [6.07, 6.45) is 0. The molecule has 0 bridgehead atoms. The molecule has 0 aliphatic carbocycles. The van der Waals surface area contributed by atoms with Crippen LogP contribution in [0.15, 0.2) is 47.4 Å². The third kappa shape index (κ3) is 3.68. The van der Waals surface area contributed by atoms with Gasteiger partial charge in [-0.05, 0) is 24.6 Å². The molecule has 0 saturated heterocycles. The third-order valence-electron chi connectivity index (χ3n) is 2.92. The highest BCUT2D eigenvalue weighted by molar-refractivity contribution is 7.89. The van der Waals surface area contributed by atoms with E-state index in [2.05, 4.69) is 4.72 Å². The number of hydrogen-bond acceptors (Lipinski definition) is 3. The van der Waals surface area contributed by atoms with Crippen LogP contribution in [0.25, 0.3) is 0 Å². The average molecular weight is 345 g/mol. The van der Waals surface area contributed by atoms with Crippen molar-refractivity contribution in [3.05, 3.63) is 58.1 Å². The first kappa shape index (κ1) is 16.1. The molecule has 0 aliphatic rings. The third-order valence-corrected chi connectivity index (χ3v) is 5.38. The molecule has 0 aromatic heterocycles. The summed E-state index contributed by atoms with van der Waals surface area (Å²) in [6.45, 7) is 1.74. The zero-order chi connectivity index (χ0) is 15.6. The number of rotatable bonds is 4. The number of nitrogens with one attached hydrogen (secondary N) is 1. The Morgan fingerprint density at radius 3 is 2.14 bits per heavy atom. The van der Waals surface area contributed by atoms with Crippen LogP contribution >= 0.6 is 23.2 Å². The van der Waals surface area contributed by atoms with Crippen molar-refractivity contribution in [1.82, 2.24) is 4.72 Å². The molecule has 1 atom stereocenters. The molecule has 112 valence electrons. The smallest absolute Gasteiger partial charge is 0.244 e. The van der Waals surface area contributed by atoms with E-state index in [0.29, 0.717) is 5.69 Å². The molecular weight excluding hydrogens is 331 g/mol. The van der Waals surface area contributed by atoms with Gasteiger partial charge in [-0.3, -0.25) is 0 Å². The summed E-state index contributed by atoms with van der Waals surface area (Å²) in [5, 5.41) is -0.0134. The topological polar surface area (TPSA) is 72.2 Å². The van der Waals surface area contributed by atoms with Gasteiger partial charge in [0, 0.05) is 11.7 Å². The Labute approximate surface area is 133 Å². The van der Waals surface area contributed by atoms with Gasteiger partial charge >= 0.3 is 0 Å². The SMILES string of the molecule is C[C@@H](NS(=O)(=O)c1c(Cl)cc(N)cc1Cl)c1ccccc1. The van der Waals surface area contributed by atoms with Crippen LogP contribution in [0, 0.1) is 0 Å². The van der Waals surface area contributed by atoms with Crippen molar-refractivity contribution in [3.63, 3.8) is 0 Å². The number of benzene rings is 2. The van der Waals surface area contributed by atoms with E-state index in [1.54, 1.807) is 6.92 Å². The molecule has 2 aromatic carbocycles. The van der Waals surface area contributed by atoms with Crippen LogP contribution in [0.5, 0.6) is 0 Å². The highest BCUT2D eigenvalue weighted by Gasteiger charge is 2.24. The fourth-order valence-electron chi connectivity index (χ4n) is 1.94. The van der Waals surface area contributed by atoms with E-state index in [-0.39, 0.29) is 14.9 Å². The molecule has 0 saturated carbocycles. The van der Waals surface area contributed by atoms with Crippen molar-refractivity contribution in [3.8, 4) is 0 Å². The average Bonchev–Trinajstić information content (AvgIpc) is 2.37. The first-order valence-corrected chi connectivity index (χ1v) is 8.37. The molecule has 2 aromatic rings. The van der Waals surface area contributed by atoms with Gasteiger partial charge < -0.3 is 5.73 Å². The van der Waals surface area contributed by atoms with Crippen molar-refractivity contribution in [2.75, 3.05) is 5.73 Å². The number of hydrogen-bond donors (Lipinski definition) is 2. The number of nitrogen functional groups attached to an aromatic ring is 1. The lowest BCUT2D eigenvalue weighted by Crippen LogP contribution is -2.27. The van der Waals surface area contributed by atoms with E-state index in [0.717, 1.165) is 5.56 Å². The second-order valence-corrected chi connectivity index (χ2v) is 7.03. The van der Waals surface area contributed by atoms with Crippen LogP contribution < -0.4 is 10.5 Å². The van der Waals surface area contributed by atoms with Crippen molar-refractivity contribution in [2.24, 2.45) is 0 Å². The second-order valence-electron chi connectivity index (χ2n) is 4.57. The lowest BCUT2D eigenvalue weighted by Gasteiger charge is -2.16. The maximum absolute atomic E-state index is 12.4. The zero-order valence-electron chi connectivity index (χ0n) is 11.2. The highest BCUT2D eigenvalue weighted by Crippen LogP contribution is 2.32. The molecule has 3 N–H and O–H groups in total. The molecule has 0 aliphatic heterocycles. The maximum Gasteiger partial charge on any atom is 0.244 e. The molecule has 2 rings (SSSR count). The standard InChI is InChI=1S/C14H14Cl2N2O2S/c1-9(10-5-3-2-4-6-10)18-21(19,20)14-12(15)7-11(17)8-13(14)16/h2-9,18H,17H2,1H3/t9-/m1/s1. The van der Waals surface area contributed by atoms with E-state index in [9.17, 15) is 8.42 Å². The van der Waals surface area contributed by atoms with Crippen LogP contribution in [0.2, 0.25) is 10.0 Å². The molecule has 0 heterocycles. The molecule has 0 unspecified atom stereocenters. The Morgan fingerprint density at radius 2 is 1.62 bits per heavy atom. The molecule has 0 spiro atoms. The van der Waals surface area contributed by atoms with E-state index in [1.165, 1.54) is 12.1 Å². The molecule has 0 fully saturated rings. The number of halogens is 2. The van der Waals surface area contributed by atoms with Crippen LogP contribution in [0.3, 0.4) is 0 Å². The van der Waals surface area contributed by atoms with Crippen molar-refractivity contribution < 1.29 is 8.42 Å². The number of nitrogens with two attached hydrogens (primary N) is 1. The van der Waals surface area contributed by atoms with Gasteiger partial charge in [0.1, 0.15) is 4.90 Å². The van der Waals surface area contributed by atoms with Gasteiger partial charge in [-0.15, -0.1) is 0 Å². The first-order valence-electron chi connectivity index (χ1n) is 6.13. The summed E-state index contributed by atoms with van der Waals surface area (Å²) in [5.74, 6) is 0. The predicted octanol–water partition coefficient (Wildman–Crippen LogP) is 3.62. The summed E-state index contributed by atoms with van der Waals surface area (Å²) in [6, 6.07) is 11.5. The Bertz CT molecular complexity index is 726. The van der Waals surface area contributed by atoms with Gasteiger partial charge in [-0.2, -0.15) is 0 Å². The van der Waals surface area contributed by atoms with E-state index in [1.807, 2.05) is 30.3 Å². The van der Waals surface area contributed by atoms with Crippen LogP contribution in [-0.4, -0.2) is 8.42 Å². The van der Waals surface area contributed by atoms with E-state index < -0.39 is 16.1 Å². The summed E-state index contributed by atoms with van der Waals surface area (Å²) in [7, 11) is -3.86. The summed E-state index contributed by atoms with van der Waals surface area (Å²) in [5.41, 5.74) is 6.72. The fraction of sp³-hybridized carbons (Fsp3) is 0.143. The second kappa shape index (κ2) is 6.23.